The van der Waals surface area contributed by atoms with Gasteiger partial charge in [0.2, 0.25) is 0 Å². The van der Waals surface area contributed by atoms with Gasteiger partial charge in [-0.05, 0) is 44.5 Å². The van der Waals surface area contributed by atoms with E-state index in [1.807, 2.05) is 13.8 Å². The number of carbonyl (C=O) groups excluding carboxylic acids is 1. The first-order valence-electron chi connectivity index (χ1n) is 10.9. The number of aromatic amines is 1. The van der Waals surface area contributed by atoms with Gasteiger partial charge in [0.1, 0.15) is 5.82 Å². The molecular weight excluding hydrogens is 470 g/mol. The molecule has 2 unspecified atom stereocenters. The van der Waals surface area contributed by atoms with Crippen LogP contribution in [-0.4, -0.2) is 51.1 Å². The maximum atomic E-state index is 14.7. The van der Waals surface area contributed by atoms with Crippen molar-refractivity contribution >= 4 is 22.6 Å². The molecule has 1 saturated heterocycles. The van der Waals surface area contributed by atoms with Crippen molar-refractivity contribution < 1.29 is 27.1 Å². The standard InChI is InChI=1S/C23H23F4N5O3/c1-11-9-32(10-12(2)35-11)22(34)15-5-18(24)20(29-8-15)28-7-14-4-16-19(6-17(14)23(25,26)27)30-13(3)31-21(16)33/h4-6,8,11-12H,7,9-10H2,1-3H3,(H,28,29)(H,30,31,33). The van der Waals surface area contributed by atoms with Crippen molar-refractivity contribution in [2.45, 2.75) is 45.7 Å². The van der Waals surface area contributed by atoms with Crippen LogP contribution >= 0.6 is 0 Å². The van der Waals surface area contributed by atoms with E-state index in [0.717, 1.165) is 18.2 Å². The highest BCUT2D eigenvalue weighted by Crippen LogP contribution is 2.34. The van der Waals surface area contributed by atoms with E-state index in [0.29, 0.717) is 13.1 Å². The van der Waals surface area contributed by atoms with Gasteiger partial charge in [-0.25, -0.2) is 14.4 Å². The number of amides is 1. The Bertz CT molecular complexity index is 1330. The maximum Gasteiger partial charge on any atom is 0.416 e. The SMILES string of the molecule is Cc1nc2cc(C(F)(F)F)c(CNc3ncc(C(=O)N4CC(C)OC(C)C4)cc3F)cc2c(=O)[nH]1. The molecule has 2 aromatic heterocycles. The van der Waals surface area contributed by atoms with E-state index < -0.39 is 35.6 Å². The van der Waals surface area contributed by atoms with Crippen LogP contribution in [0.15, 0.2) is 29.2 Å². The molecule has 2 atom stereocenters. The Kier molecular flexibility index (Phi) is 6.50. The summed E-state index contributed by atoms with van der Waals surface area (Å²) in [4.78, 5) is 36.8. The van der Waals surface area contributed by atoms with Gasteiger partial charge in [0, 0.05) is 25.8 Å². The Morgan fingerprint density at radius 1 is 1.23 bits per heavy atom. The van der Waals surface area contributed by atoms with Gasteiger partial charge in [-0.2, -0.15) is 13.2 Å². The minimum Gasteiger partial charge on any atom is -0.372 e. The number of aromatic nitrogens is 3. The minimum absolute atomic E-state index is 0.0176. The van der Waals surface area contributed by atoms with E-state index in [1.54, 1.807) is 4.90 Å². The molecular formula is C23H23F4N5O3. The molecule has 4 rings (SSSR count). The van der Waals surface area contributed by atoms with Gasteiger partial charge >= 0.3 is 6.18 Å². The fraction of sp³-hybridized carbons (Fsp3) is 0.391. The molecule has 1 aliphatic heterocycles. The molecule has 186 valence electrons. The summed E-state index contributed by atoms with van der Waals surface area (Å²) >= 11 is 0. The predicted octanol–water partition coefficient (Wildman–Crippen LogP) is 3.65. The molecule has 12 heteroatoms. The van der Waals surface area contributed by atoms with Crippen molar-refractivity contribution in [3.05, 3.63) is 63.1 Å². The zero-order chi connectivity index (χ0) is 25.5. The molecule has 0 aliphatic carbocycles. The van der Waals surface area contributed by atoms with Gasteiger partial charge < -0.3 is 19.9 Å². The Balaban J connectivity index is 1.58. The number of carbonyl (C=O) groups is 1. The van der Waals surface area contributed by atoms with Crippen LogP contribution in [-0.2, 0) is 17.5 Å². The quantitative estimate of drug-likeness (QED) is 0.539. The third kappa shape index (κ3) is 5.26. The molecule has 1 aromatic carbocycles. The Morgan fingerprint density at radius 2 is 1.91 bits per heavy atom. The first kappa shape index (κ1) is 24.6. The molecule has 3 aromatic rings. The number of hydrogen-bond donors (Lipinski definition) is 2. The lowest BCUT2D eigenvalue weighted by Crippen LogP contribution is -2.48. The number of nitrogens with zero attached hydrogens (tertiary/aromatic N) is 3. The number of benzene rings is 1. The lowest BCUT2D eigenvalue weighted by atomic mass is 10.0. The second kappa shape index (κ2) is 9.25. The van der Waals surface area contributed by atoms with E-state index in [4.69, 9.17) is 4.74 Å². The molecule has 0 saturated carbocycles. The fourth-order valence-corrected chi connectivity index (χ4v) is 4.15. The van der Waals surface area contributed by atoms with Crippen LogP contribution in [0, 0.1) is 12.7 Å². The van der Waals surface area contributed by atoms with E-state index in [2.05, 4.69) is 20.3 Å². The Morgan fingerprint density at radius 3 is 2.54 bits per heavy atom. The maximum absolute atomic E-state index is 14.7. The summed E-state index contributed by atoms with van der Waals surface area (Å²) in [6, 6.07) is 2.86. The first-order chi connectivity index (χ1) is 16.4. The number of morpholine rings is 1. The van der Waals surface area contributed by atoms with Crippen LogP contribution in [0.1, 0.15) is 41.2 Å². The molecule has 1 amide bonds. The van der Waals surface area contributed by atoms with Crippen LogP contribution in [0.3, 0.4) is 0 Å². The van der Waals surface area contributed by atoms with Gasteiger partial charge in [0.05, 0.1) is 34.2 Å². The number of ether oxygens (including phenoxy) is 1. The summed E-state index contributed by atoms with van der Waals surface area (Å²) in [5, 5.41) is 2.51. The number of hydrogen-bond acceptors (Lipinski definition) is 6. The largest absolute Gasteiger partial charge is 0.416 e. The van der Waals surface area contributed by atoms with E-state index in [1.165, 1.54) is 13.1 Å². The number of fused-ring (bicyclic) bond motifs is 1. The van der Waals surface area contributed by atoms with Crippen molar-refractivity contribution in [2.24, 2.45) is 0 Å². The lowest BCUT2D eigenvalue weighted by molar-refractivity contribution is -0.138. The molecule has 0 radical (unpaired) electrons. The van der Waals surface area contributed by atoms with E-state index >= 15 is 0 Å². The number of pyridine rings is 1. The average molecular weight is 493 g/mol. The topological polar surface area (TPSA) is 100 Å². The normalized spacial score (nSPS) is 18.7. The van der Waals surface area contributed by atoms with Gasteiger partial charge in [-0.15, -0.1) is 0 Å². The molecule has 35 heavy (non-hydrogen) atoms. The summed E-state index contributed by atoms with van der Waals surface area (Å²) in [7, 11) is 0. The van der Waals surface area contributed by atoms with Gasteiger partial charge in [-0.1, -0.05) is 0 Å². The summed E-state index contributed by atoms with van der Waals surface area (Å²) in [5.74, 6) is -1.45. The van der Waals surface area contributed by atoms with Crippen LogP contribution in [0.2, 0.25) is 0 Å². The smallest absolute Gasteiger partial charge is 0.372 e. The number of aryl methyl sites for hydroxylation is 1. The van der Waals surface area contributed by atoms with Crippen molar-refractivity contribution in [1.29, 1.82) is 0 Å². The highest BCUT2D eigenvalue weighted by atomic mass is 19.4. The zero-order valence-corrected chi connectivity index (χ0v) is 19.2. The minimum atomic E-state index is -4.72. The molecule has 1 fully saturated rings. The predicted molar refractivity (Wildman–Crippen MR) is 120 cm³/mol. The van der Waals surface area contributed by atoms with Crippen molar-refractivity contribution in [2.75, 3.05) is 18.4 Å². The van der Waals surface area contributed by atoms with Gasteiger partial charge in [0.25, 0.3) is 11.5 Å². The van der Waals surface area contributed by atoms with E-state index in [-0.39, 0.29) is 45.9 Å². The number of H-pyrrole nitrogens is 1. The molecule has 2 N–H and O–H groups in total. The molecule has 8 nitrogen and oxygen atoms in total. The zero-order valence-electron chi connectivity index (χ0n) is 19.2. The van der Waals surface area contributed by atoms with Gasteiger partial charge in [-0.3, -0.25) is 9.59 Å². The lowest BCUT2D eigenvalue weighted by Gasteiger charge is -2.35. The number of rotatable bonds is 4. The van der Waals surface area contributed by atoms with E-state index in [9.17, 15) is 27.2 Å². The number of anilines is 1. The third-order valence-electron chi connectivity index (χ3n) is 5.60. The highest BCUT2D eigenvalue weighted by molar-refractivity contribution is 5.94. The van der Waals surface area contributed by atoms with Gasteiger partial charge in [0.15, 0.2) is 11.6 Å². The molecule has 0 bridgehead atoms. The number of nitrogens with one attached hydrogen (secondary N) is 2. The summed E-state index contributed by atoms with van der Waals surface area (Å²) in [5.41, 5.74) is -1.94. The van der Waals surface area contributed by atoms with Crippen LogP contribution < -0.4 is 10.9 Å². The van der Waals surface area contributed by atoms with Crippen molar-refractivity contribution in [3.8, 4) is 0 Å². The highest BCUT2D eigenvalue weighted by Gasteiger charge is 2.34. The fourth-order valence-electron chi connectivity index (χ4n) is 4.15. The van der Waals surface area contributed by atoms with Crippen LogP contribution in [0.4, 0.5) is 23.4 Å². The van der Waals surface area contributed by atoms with Crippen LogP contribution in [0.5, 0.6) is 0 Å². The Hall–Kier alpha value is -3.54. The average Bonchev–Trinajstić information content (AvgIpc) is 2.76. The number of alkyl halides is 3. The molecule has 1 aliphatic rings. The summed E-state index contributed by atoms with van der Waals surface area (Å²) < 4.78 is 61.3. The van der Waals surface area contributed by atoms with Crippen LogP contribution in [0.25, 0.3) is 10.9 Å². The molecule has 0 spiro atoms. The second-order valence-corrected chi connectivity index (χ2v) is 8.55. The van der Waals surface area contributed by atoms with Crippen molar-refractivity contribution in [1.82, 2.24) is 19.9 Å². The summed E-state index contributed by atoms with van der Waals surface area (Å²) in [6.07, 6.45) is -3.89. The van der Waals surface area contributed by atoms with Crippen molar-refractivity contribution in [3.63, 3.8) is 0 Å². The monoisotopic (exact) mass is 493 g/mol. The first-order valence-corrected chi connectivity index (χ1v) is 10.9. The Labute approximate surface area is 197 Å². The second-order valence-electron chi connectivity index (χ2n) is 8.55. The molecule has 3 heterocycles. The summed E-state index contributed by atoms with van der Waals surface area (Å²) in [6.45, 7) is 5.35. The number of halogens is 4. The third-order valence-corrected chi connectivity index (χ3v) is 5.60.